The Morgan fingerprint density at radius 1 is 1.57 bits per heavy atom. The Balaban J connectivity index is 2.68. The maximum atomic E-state index is 5.46. The average Bonchev–Trinajstić information content (AvgIpc) is 2.71. The highest BCUT2D eigenvalue weighted by molar-refractivity contribution is 5.13. The van der Waals surface area contributed by atoms with Crippen LogP contribution in [0.1, 0.15) is 31.4 Å². The molecule has 1 heterocycles. The van der Waals surface area contributed by atoms with Crippen LogP contribution in [0.5, 0.6) is 0 Å². The lowest BCUT2D eigenvalue weighted by Gasteiger charge is -2.24. The molecule has 2 unspecified atom stereocenters. The van der Waals surface area contributed by atoms with E-state index in [1.807, 2.05) is 13.1 Å². The Labute approximate surface area is 85.4 Å². The van der Waals surface area contributed by atoms with Crippen molar-refractivity contribution in [1.82, 2.24) is 5.32 Å². The molecule has 14 heavy (non-hydrogen) atoms. The summed E-state index contributed by atoms with van der Waals surface area (Å²) < 4.78 is 10.5. The molecule has 0 bridgehead atoms. The maximum Gasteiger partial charge on any atom is 0.0951 e. The van der Waals surface area contributed by atoms with E-state index in [1.54, 1.807) is 19.6 Å². The summed E-state index contributed by atoms with van der Waals surface area (Å²) in [6.45, 7) is 2.16. The highest BCUT2D eigenvalue weighted by atomic mass is 16.5. The Kier molecular flexibility index (Phi) is 4.70. The standard InChI is InChI=1S/C11H19NO2/c1-4-5-10(13-3)11(12-2)9-6-7-14-8-9/h6-8,10-12H,4-5H2,1-3H3. The minimum atomic E-state index is 0.211. The molecule has 0 spiro atoms. The molecule has 80 valence electrons. The fraction of sp³-hybridized carbons (Fsp3) is 0.636. The first kappa shape index (κ1) is 11.3. The van der Waals surface area contributed by atoms with Gasteiger partial charge in [0.2, 0.25) is 0 Å². The number of hydrogen-bond acceptors (Lipinski definition) is 3. The summed E-state index contributed by atoms with van der Waals surface area (Å²) in [6, 6.07) is 2.20. The Morgan fingerprint density at radius 3 is 2.79 bits per heavy atom. The van der Waals surface area contributed by atoms with Crippen molar-refractivity contribution in [2.75, 3.05) is 14.2 Å². The zero-order valence-corrected chi connectivity index (χ0v) is 9.12. The van der Waals surface area contributed by atoms with Gasteiger partial charge >= 0.3 is 0 Å². The van der Waals surface area contributed by atoms with E-state index in [0.29, 0.717) is 0 Å². The largest absolute Gasteiger partial charge is 0.472 e. The van der Waals surface area contributed by atoms with E-state index in [2.05, 4.69) is 12.2 Å². The van der Waals surface area contributed by atoms with Gasteiger partial charge in [0.1, 0.15) is 0 Å². The van der Waals surface area contributed by atoms with Gasteiger partial charge in [0, 0.05) is 12.7 Å². The van der Waals surface area contributed by atoms with Gasteiger partial charge in [0.25, 0.3) is 0 Å². The highest BCUT2D eigenvalue weighted by Crippen LogP contribution is 2.22. The van der Waals surface area contributed by atoms with Gasteiger partial charge in [0.05, 0.1) is 24.7 Å². The molecule has 3 heteroatoms. The van der Waals surface area contributed by atoms with Crippen LogP contribution in [0.15, 0.2) is 23.0 Å². The van der Waals surface area contributed by atoms with Crippen molar-refractivity contribution < 1.29 is 9.15 Å². The monoisotopic (exact) mass is 197 g/mol. The highest BCUT2D eigenvalue weighted by Gasteiger charge is 2.21. The summed E-state index contributed by atoms with van der Waals surface area (Å²) in [7, 11) is 3.70. The molecule has 3 nitrogen and oxygen atoms in total. The van der Waals surface area contributed by atoms with Crippen molar-refractivity contribution in [2.45, 2.75) is 31.9 Å². The van der Waals surface area contributed by atoms with Gasteiger partial charge in [-0.25, -0.2) is 0 Å². The lowest BCUT2D eigenvalue weighted by molar-refractivity contribution is 0.0628. The number of likely N-dealkylation sites (N-methyl/N-ethyl adjacent to an activating group) is 1. The summed E-state index contributed by atoms with van der Waals surface area (Å²) in [5, 5.41) is 3.26. The first-order valence-corrected chi connectivity index (χ1v) is 5.05. The fourth-order valence-electron chi connectivity index (χ4n) is 1.72. The van der Waals surface area contributed by atoms with Crippen molar-refractivity contribution in [3.63, 3.8) is 0 Å². The Bertz CT molecular complexity index is 233. The number of rotatable bonds is 6. The van der Waals surface area contributed by atoms with E-state index in [1.165, 1.54) is 0 Å². The molecule has 1 rings (SSSR count). The SMILES string of the molecule is CCCC(OC)C(NC)c1ccoc1. The third-order valence-corrected chi connectivity index (χ3v) is 2.46. The zero-order chi connectivity index (χ0) is 10.4. The quantitative estimate of drug-likeness (QED) is 0.760. The van der Waals surface area contributed by atoms with Gasteiger partial charge in [0.15, 0.2) is 0 Å². The van der Waals surface area contributed by atoms with Gasteiger partial charge in [-0.05, 0) is 19.5 Å². The molecule has 1 aromatic heterocycles. The molecule has 0 amide bonds. The fourth-order valence-corrected chi connectivity index (χ4v) is 1.72. The third kappa shape index (κ3) is 2.59. The first-order valence-electron chi connectivity index (χ1n) is 5.05. The van der Waals surface area contributed by atoms with Crippen LogP contribution in [0.4, 0.5) is 0 Å². The summed E-state index contributed by atoms with van der Waals surface area (Å²) in [5.41, 5.74) is 1.15. The Morgan fingerprint density at radius 2 is 2.36 bits per heavy atom. The van der Waals surface area contributed by atoms with Crippen molar-refractivity contribution in [2.24, 2.45) is 0 Å². The summed E-state index contributed by atoms with van der Waals surface area (Å²) in [6.07, 6.45) is 5.84. The average molecular weight is 197 g/mol. The van der Waals surface area contributed by atoms with Crippen LogP contribution in [0.2, 0.25) is 0 Å². The third-order valence-electron chi connectivity index (χ3n) is 2.46. The minimum absolute atomic E-state index is 0.211. The Hall–Kier alpha value is -0.800. The topological polar surface area (TPSA) is 34.4 Å². The minimum Gasteiger partial charge on any atom is -0.472 e. The number of ether oxygens (including phenoxy) is 1. The molecular formula is C11H19NO2. The summed E-state index contributed by atoms with van der Waals surface area (Å²) in [5.74, 6) is 0. The van der Waals surface area contributed by atoms with E-state index in [4.69, 9.17) is 9.15 Å². The summed E-state index contributed by atoms with van der Waals surface area (Å²) in [4.78, 5) is 0. The van der Waals surface area contributed by atoms with E-state index >= 15 is 0 Å². The first-order chi connectivity index (χ1) is 6.83. The number of methoxy groups -OCH3 is 1. The van der Waals surface area contributed by atoms with Crippen LogP contribution in [0.25, 0.3) is 0 Å². The van der Waals surface area contributed by atoms with Gasteiger partial charge in [-0.2, -0.15) is 0 Å². The van der Waals surface area contributed by atoms with E-state index in [-0.39, 0.29) is 12.1 Å². The predicted octanol–water partition coefficient (Wildman–Crippen LogP) is 2.36. The van der Waals surface area contributed by atoms with Crippen molar-refractivity contribution in [1.29, 1.82) is 0 Å². The molecule has 1 aromatic rings. The van der Waals surface area contributed by atoms with Gasteiger partial charge < -0.3 is 14.5 Å². The van der Waals surface area contributed by atoms with Gasteiger partial charge in [-0.1, -0.05) is 13.3 Å². The second kappa shape index (κ2) is 5.83. The van der Waals surface area contributed by atoms with E-state index in [0.717, 1.165) is 18.4 Å². The normalized spacial score (nSPS) is 15.4. The molecule has 0 aliphatic carbocycles. The number of hydrogen-bond donors (Lipinski definition) is 1. The lowest BCUT2D eigenvalue weighted by atomic mass is 10.0. The van der Waals surface area contributed by atoms with E-state index < -0.39 is 0 Å². The second-order valence-electron chi connectivity index (χ2n) is 3.39. The van der Waals surface area contributed by atoms with Gasteiger partial charge in [-0.15, -0.1) is 0 Å². The second-order valence-corrected chi connectivity index (χ2v) is 3.39. The van der Waals surface area contributed by atoms with Crippen LogP contribution < -0.4 is 5.32 Å². The van der Waals surface area contributed by atoms with Crippen LogP contribution in [0, 0.1) is 0 Å². The molecule has 0 saturated heterocycles. The molecule has 2 atom stereocenters. The number of furan rings is 1. The smallest absolute Gasteiger partial charge is 0.0951 e. The van der Waals surface area contributed by atoms with Crippen molar-refractivity contribution in [3.8, 4) is 0 Å². The van der Waals surface area contributed by atoms with Crippen molar-refractivity contribution >= 4 is 0 Å². The molecule has 0 aliphatic rings. The molecule has 0 saturated carbocycles. The van der Waals surface area contributed by atoms with Crippen LogP contribution in [-0.2, 0) is 4.74 Å². The summed E-state index contributed by atoms with van der Waals surface area (Å²) >= 11 is 0. The van der Waals surface area contributed by atoms with Crippen LogP contribution in [-0.4, -0.2) is 20.3 Å². The molecular weight excluding hydrogens is 178 g/mol. The molecule has 1 N–H and O–H groups in total. The molecule has 0 radical (unpaired) electrons. The van der Waals surface area contributed by atoms with Crippen LogP contribution in [0.3, 0.4) is 0 Å². The maximum absolute atomic E-state index is 5.46. The molecule has 0 aromatic carbocycles. The molecule has 0 aliphatic heterocycles. The number of nitrogens with one attached hydrogen (secondary N) is 1. The lowest BCUT2D eigenvalue weighted by Crippen LogP contribution is -2.30. The van der Waals surface area contributed by atoms with E-state index in [9.17, 15) is 0 Å². The zero-order valence-electron chi connectivity index (χ0n) is 9.12. The molecule has 0 fully saturated rings. The van der Waals surface area contributed by atoms with Crippen LogP contribution >= 0.6 is 0 Å². The van der Waals surface area contributed by atoms with Gasteiger partial charge in [-0.3, -0.25) is 0 Å². The van der Waals surface area contributed by atoms with Crippen molar-refractivity contribution in [3.05, 3.63) is 24.2 Å². The predicted molar refractivity (Wildman–Crippen MR) is 56.2 cm³/mol.